The second kappa shape index (κ2) is 7.41. The Balaban J connectivity index is 2.16. The van der Waals surface area contributed by atoms with Crippen LogP contribution in [0.3, 0.4) is 0 Å². The number of ether oxygens (including phenoxy) is 3. The molecule has 4 heteroatoms. The Labute approximate surface area is 90.4 Å². The second-order valence-electron chi connectivity index (χ2n) is 3.43. The smallest absolute Gasteiger partial charge is 0.146 e. The molecule has 0 aliphatic carbocycles. The molecular formula is C11H17NO3. The van der Waals surface area contributed by atoms with Crippen LogP contribution in [-0.2, 0) is 14.2 Å². The zero-order valence-corrected chi connectivity index (χ0v) is 9.02. The van der Waals surface area contributed by atoms with Gasteiger partial charge in [0.15, 0.2) is 0 Å². The minimum Gasteiger partial charge on any atom is -0.369 e. The Bertz CT molecular complexity index is 234. The van der Waals surface area contributed by atoms with Crippen LogP contribution in [0.25, 0.3) is 0 Å². The third-order valence-electron chi connectivity index (χ3n) is 2.18. The quantitative estimate of drug-likeness (QED) is 0.380. The summed E-state index contributed by atoms with van der Waals surface area (Å²) in [5.74, 6) is 0. The second-order valence-corrected chi connectivity index (χ2v) is 3.43. The summed E-state index contributed by atoms with van der Waals surface area (Å²) < 4.78 is 15.6. The maximum Gasteiger partial charge on any atom is 0.146 e. The first kappa shape index (κ1) is 12.2. The van der Waals surface area contributed by atoms with Gasteiger partial charge in [0.05, 0.1) is 31.3 Å². The molecule has 1 rings (SSSR count). The average molecular weight is 211 g/mol. The zero-order chi connectivity index (χ0) is 10.9. The highest BCUT2D eigenvalue weighted by molar-refractivity contribution is 4.97. The largest absolute Gasteiger partial charge is 0.369 e. The fourth-order valence-electron chi connectivity index (χ4n) is 1.47. The summed E-state index contributed by atoms with van der Waals surface area (Å²) in [7, 11) is 1.60. The van der Waals surface area contributed by atoms with E-state index in [1.165, 1.54) is 0 Å². The van der Waals surface area contributed by atoms with E-state index in [9.17, 15) is 0 Å². The minimum atomic E-state index is 0.0485. The number of rotatable bonds is 6. The lowest BCUT2D eigenvalue weighted by molar-refractivity contribution is -0.0530. The van der Waals surface area contributed by atoms with Crippen LogP contribution in [0, 0.1) is 11.3 Å². The van der Waals surface area contributed by atoms with E-state index in [0.29, 0.717) is 19.8 Å². The molecule has 84 valence electrons. The van der Waals surface area contributed by atoms with Crippen LogP contribution in [0.4, 0.5) is 0 Å². The normalized spacial score (nSPS) is 25.1. The molecule has 0 saturated carbocycles. The highest BCUT2D eigenvalue weighted by Crippen LogP contribution is 2.16. The molecule has 0 spiro atoms. The summed E-state index contributed by atoms with van der Waals surface area (Å²) in [4.78, 5) is 0. The lowest BCUT2D eigenvalue weighted by Gasteiger charge is -2.24. The standard InChI is InChI=1S/C11H17NO3/c1-13-9-14-8-6-11-4-2-3-10(15-11)5-7-12/h2,4,10-11H,3,5-6,8-9H2,1H3/t10-,11-/m0/s1. The molecule has 1 aliphatic rings. The predicted octanol–water partition coefficient (Wildman–Crippen LogP) is 1.62. The molecule has 0 aromatic heterocycles. The third kappa shape index (κ3) is 4.93. The number of hydrogen-bond donors (Lipinski definition) is 0. The van der Waals surface area contributed by atoms with Crippen molar-refractivity contribution in [3.8, 4) is 6.07 Å². The minimum absolute atomic E-state index is 0.0485. The Kier molecular flexibility index (Phi) is 6.02. The van der Waals surface area contributed by atoms with Crippen molar-refractivity contribution < 1.29 is 14.2 Å². The Hall–Kier alpha value is -0.890. The number of hydrogen-bond acceptors (Lipinski definition) is 4. The summed E-state index contributed by atoms with van der Waals surface area (Å²) >= 11 is 0. The van der Waals surface area contributed by atoms with E-state index < -0.39 is 0 Å². The lowest BCUT2D eigenvalue weighted by atomic mass is 10.1. The van der Waals surface area contributed by atoms with Gasteiger partial charge in [0, 0.05) is 13.5 Å². The highest BCUT2D eigenvalue weighted by Gasteiger charge is 2.17. The summed E-state index contributed by atoms with van der Waals surface area (Å²) in [6.45, 7) is 0.931. The van der Waals surface area contributed by atoms with Crippen molar-refractivity contribution in [2.24, 2.45) is 0 Å². The van der Waals surface area contributed by atoms with E-state index in [-0.39, 0.29) is 12.2 Å². The molecule has 0 aromatic carbocycles. The van der Waals surface area contributed by atoms with Crippen LogP contribution in [0.15, 0.2) is 12.2 Å². The lowest BCUT2D eigenvalue weighted by Crippen LogP contribution is -2.25. The highest BCUT2D eigenvalue weighted by atomic mass is 16.7. The molecule has 0 saturated heterocycles. The summed E-state index contributed by atoms with van der Waals surface area (Å²) in [5.41, 5.74) is 0. The van der Waals surface area contributed by atoms with Crippen LogP contribution in [0.1, 0.15) is 19.3 Å². The molecule has 0 aromatic rings. The summed E-state index contributed by atoms with van der Waals surface area (Å²) in [6, 6.07) is 2.12. The van der Waals surface area contributed by atoms with Crippen molar-refractivity contribution in [3.05, 3.63) is 12.2 Å². The molecule has 0 bridgehead atoms. The monoisotopic (exact) mass is 211 g/mol. The molecule has 0 N–H and O–H groups in total. The molecule has 15 heavy (non-hydrogen) atoms. The summed E-state index contributed by atoms with van der Waals surface area (Å²) in [6.07, 6.45) is 6.34. The van der Waals surface area contributed by atoms with Crippen molar-refractivity contribution in [2.75, 3.05) is 20.5 Å². The first-order valence-electron chi connectivity index (χ1n) is 5.12. The van der Waals surface area contributed by atoms with Crippen molar-refractivity contribution in [2.45, 2.75) is 31.5 Å². The van der Waals surface area contributed by atoms with Gasteiger partial charge in [-0.15, -0.1) is 0 Å². The van der Waals surface area contributed by atoms with Gasteiger partial charge in [-0.2, -0.15) is 5.26 Å². The van der Waals surface area contributed by atoms with E-state index >= 15 is 0 Å². The molecule has 0 unspecified atom stereocenters. The van der Waals surface area contributed by atoms with E-state index in [1.807, 2.05) is 6.08 Å². The first-order chi connectivity index (χ1) is 7.36. The maximum absolute atomic E-state index is 8.56. The van der Waals surface area contributed by atoms with Gasteiger partial charge in [-0.3, -0.25) is 0 Å². The van der Waals surface area contributed by atoms with Gasteiger partial charge < -0.3 is 14.2 Å². The van der Waals surface area contributed by atoms with Crippen molar-refractivity contribution in [1.29, 1.82) is 5.26 Å². The van der Waals surface area contributed by atoms with Crippen LogP contribution >= 0.6 is 0 Å². The van der Waals surface area contributed by atoms with E-state index in [1.54, 1.807) is 7.11 Å². The maximum atomic E-state index is 8.56. The molecule has 4 nitrogen and oxygen atoms in total. The van der Waals surface area contributed by atoms with E-state index in [4.69, 9.17) is 19.5 Å². The molecular weight excluding hydrogens is 194 g/mol. The van der Waals surface area contributed by atoms with Gasteiger partial charge in [-0.25, -0.2) is 0 Å². The number of nitrogens with zero attached hydrogens (tertiary/aromatic N) is 1. The summed E-state index contributed by atoms with van der Waals surface area (Å²) in [5, 5.41) is 8.56. The van der Waals surface area contributed by atoms with Crippen LogP contribution in [-0.4, -0.2) is 32.7 Å². The van der Waals surface area contributed by atoms with Crippen LogP contribution < -0.4 is 0 Å². The van der Waals surface area contributed by atoms with Crippen LogP contribution in [0.2, 0.25) is 0 Å². The Morgan fingerprint density at radius 1 is 1.60 bits per heavy atom. The first-order valence-corrected chi connectivity index (χ1v) is 5.12. The van der Waals surface area contributed by atoms with Gasteiger partial charge in [0.25, 0.3) is 0 Å². The van der Waals surface area contributed by atoms with Crippen molar-refractivity contribution in [1.82, 2.24) is 0 Å². The van der Waals surface area contributed by atoms with Gasteiger partial charge in [-0.1, -0.05) is 12.2 Å². The van der Waals surface area contributed by atoms with Crippen molar-refractivity contribution >= 4 is 0 Å². The third-order valence-corrected chi connectivity index (χ3v) is 2.18. The Morgan fingerprint density at radius 3 is 3.20 bits per heavy atom. The van der Waals surface area contributed by atoms with E-state index in [2.05, 4.69) is 12.1 Å². The van der Waals surface area contributed by atoms with Crippen LogP contribution in [0.5, 0.6) is 0 Å². The molecule has 0 amide bonds. The molecule has 1 aliphatic heterocycles. The molecule has 0 radical (unpaired) electrons. The van der Waals surface area contributed by atoms with E-state index in [0.717, 1.165) is 12.8 Å². The zero-order valence-electron chi connectivity index (χ0n) is 9.02. The van der Waals surface area contributed by atoms with Gasteiger partial charge in [-0.05, 0) is 6.42 Å². The Morgan fingerprint density at radius 2 is 2.47 bits per heavy atom. The molecule has 1 heterocycles. The predicted molar refractivity (Wildman–Crippen MR) is 55.1 cm³/mol. The average Bonchev–Trinajstić information content (AvgIpc) is 2.26. The van der Waals surface area contributed by atoms with Crippen molar-refractivity contribution in [3.63, 3.8) is 0 Å². The fourth-order valence-corrected chi connectivity index (χ4v) is 1.47. The van der Waals surface area contributed by atoms with Gasteiger partial charge in [0.1, 0.15) is 6.79 Å². The van der Waals surface area contributed by atoms with Gasteiger partial charge in [0.2, 0.25) is 0 Å². The molecule has 2 atom stereocenters. The number of nitriles is 1. The topological polar surface area (TPSA) is 51.5 Å². The molecule has 0 fully saturated rings. The van der Waals surface area contributed by atoms with Gasteiger partial charge >= 0.3 is 0 Å². The fraction of sp³-hybridized carbons (Fsp3) is 0.727. The SMILES string of the molecule is COCOCC[C@@H]1C=CC[C@@H](CC#N)O1. The number of methoxy groups -OCH3 is 1.